The SMILES string of the molecule is CCC(N)C(C)(CC(=O)O)c1ccc(C)o1. The van der Waals surface area contributed by atoms with Gasteiger partial charge in [-0.05, 0) is 25.5 Å². The third kappa shape index (κ3) is 2.44. The van der Waals surface area contributed by atoms with Gasteiger partial charge in [-0.15, -0.1) is 0 Å². The second-order valence-corrected chi connectivity index (χ2v) is 4.41. The van der Waals surface area contributed by atoms with E-state index >= 15 is 0 Å². The standard InChI is InChI=1S/C12H19NO3/c1-4-9(13)12(3,7-11(14)15)10-6-5-8(2)16-10/h5-6,9H,4,7,13H2,1-3H3,(H,14,15). The number of aliphatic carboxylic acids is 1. The molecule has 90 valence electrons. The Balaban J connectivity index is 3.08. The summed E-state index contributed by atoms with van der Waals surface area (Å²) in [5.74, 6) is 0.567. The number of nitrogens with two attached hydrogens (primary N) is 1. The molecule has 0 saturated heterocycles. The van der Waals surface area contributed by atoms with Crippen molar-refractivity contribution in [2.24, 2.45) is 5.73 Å². The molecule has 1 aromatic rings. The number of carboxylic acids is 1. The molecule has 0 aliphatic carbocycles. The lowest BCUT2D eigenvalue weighted by atomic mass is 9.76. The van der Waals surface area contributed by atoms with E-state index in [0.29, 0.717) is 12.2 Å². The van der Waals surface area contributed by atoms with Gasteiger partial charge < -0.3 is 15.3 Å². The number of rotatable bonds is 5. The first-order chi connectivity index (χ1) is 7.40. The quantitative estimate of drug-likeness (QED) is 0.804. The molecule has 0 aliphatic rings. The first kappa shape index (κ1) is 12.8. The molecule has 16 heavy (non-hydrogen) atoms. The van der Waals surface area contributed by atoms with E-state index < -0.39 is 11.4 Å². The Kier molecular flexibility index (Phi) is 3.75. The van der Waals surface area contributed by atoms with Crippen molar-refractivity contribution in [2.75, 3.05) is 0 Å². The Bertz CT molecular complexity index is 372. The highest BCUT2D eigenvalue weighted by Crippen LogP contribution is 2.33. The van der Waals surface area contributed by atoms with Gasteiger partial charge in [-0.25, -0.2) is 0 Å². The number of furan rings is 1. The molecule has 0 aromatic carbocycles. The van der Waals surface area contributed by atoms with Gasteiger partial charge in [0.1, 0.15) is 11.5 Å². The highest BCUT2D eigenvalue weighted by Gasteiger charge is 2.37. The van der Waals surface area contributed by atoms with Crippen molar-refractivity contribution in [1.29, 1.82) is 0 Å². The Morgan fingerprint density at radius 3 is 2.62 bits per heavy atom. The van der Waals surface area contributed by atoms with Gasteiger partial charge >= 0.3 is 5.97 Å². The third-order valence-corrected chi connectivity index (χ3v) is 3.08. The van der Waals surface area contributed by atoms with Gasteiger partial charge in [0.15, 0.2) is 0 Å². The number of carbonyl (C=O) groups is 1. The van der Waals surface area contributed by atoms with Crippen LogP contribution < -0.4 is 5.73 Å². The van der Waals surface area contributed by atoms with Gasteiger partial charge in [0.25, 0.3) is 0 Å². The number of hydrogen-bond acceptors (Lipinski definition) is 3. The van der Waals surface area contributed by atoms with Crippen LogP contribution >= 0.6 is 0 Å². The first-order valence-electron chi connectivity index (χ1n) is 5.44. The molecular formula is C12H19NO3. The molecule has 3 N–H and O–H groups in total. The smallest absolute Gasteiger partial charge is 0.304 e. The summed E-state index contributed by atoms with van der Waals surface area (Å²) in [6.45, 7) is 5.62. The second-order valence-electron chi connectivity index (χ2n) is 4.41. The van der Waals surface area contributed by atoms with Crippen molar-refractivity contribution in [3.05, 3.63) is 23.7 Å². The molecule has 0 aliphatic heterocycles. The van der Waals surface area contributed by atoms with Gasteiger partial charge in [-0.1, -0.05) is 13.8 Å². The van der Waals surface area contributed by atoms with E-state index in [1.165, 1.54) is 0 Å². The monoisotopic (exact) mass is 225 g/mol. The average Bonchev–Trinajstić information content (AvgIpc) is 2.62. The summed E-state index contributed by atoms with van der Waals surface area (Å²) in [7, 11) is 0. The number of hydrogen-bond donors (Lipinski definition) is 2. The van der Waals surface area contributed by atoms with Crippen molar-refractivity contribution < 1.29 is 14.3 Å². The molecule has 1 aromatic heterocycles. The van der Waals surface area contributed by atoms with Crippen molar-refractivity contribution in [3.8, 4) is 0 Å². The molecule has 0 saturated carbocycles. The number of carboxylic acid groups (broad SMARTS) is 1. The molecule has 1 heterocycles. The van der Waals surface area contributed by atoms with Crippen molar-refractivity contribution in [1.82, 2.24) is 0 Å². The minimum absolute atomic E-state index is 0.0189. The summed E-state index contributed by atoms with van der Waals surface area (Å²) in [4.78, 5) is 10.9. The lowest BCUT2D eigenvalue weighted by molar-refractivity contribution is -0.138. The van der Waals surface area contributed by atoms with Crippen LogP contribution in [-0.2, 0) is 10.2 Å². The van der Waals surface area contributed by atoms with Crippen LogP contribution in [0.2, 0.25) is 0 Å². The normalized spacial score (nSPS) is 16.8. The van der Waals surface area contributed by atoms with E-state index in [9.17, 15) is 4.79 Å². The maximum atomic E-state index is 10.9. The first-order valence-corrected chi connectivity index (χ1v) is 5.44. The molecule has 0 spiro atoms. The highest BCUT2D eigenvalue weighted by atomic mass is 16.4. The van der Waals surface area contributed by atoms with E-state index in [1.807, 2.05) is 32.9 Å². The Hall–Kier alpha value is -1.29. The van der Waals surface area contributed by atoms with Gasteiger partial charge in [0.2, 0.25) is 0 Å². The number of aryl methyl sites for hydroxylation is 1. The van der Waals surface area contributed by atoms with E-state index in [2.05, 4.69) is 0 Å². The van der Waals surface area contributed by atoms with Crippen LogP contribution in [0, 0.1) is 6.92 Å². The molecule has 2 atom stereocenters. The van der Waals surface area contributed by atoms with Gasteiger partial charge in [0, 0.05) is 6.04 Å². The fourth-order valence-electron chi connectivity index (χ4n) is 1.91. The topological polar surface area (TPSA) is 76.5 Å². The fraction of sp³-hybridized carbons (Fsp3) is 0.583. The predicted molar refractivity (Wildman–Crippen MR) is 61.3 cm³/mol. The average molecular weight is 225 g/mol. The predicted octanol–water partition coefficient (Wildman–Crippen LogP) is 2.06. The van der Waals surface area contributed by atoms with Gasteiger partial charge in [0.05, 0.1) is 11.8 Å². The zero-order valence-corrected chi connectivity index (χ0v) is 9.99. The molecule has 2 unspecified atom stereocenters. The summed E-state index contributed by atoms with van der Waals surface area (Å²) < 4.78 is 5.53. The van der Waals surface area contributed by atoms with Crippen molar-refractivity contribution in [2.45, 2.75) is 45.1 Å². The molecule has 0 bridgehead atoms. The van der Waals surface area contributed by atoms with E-state index in [-0.39, 0.29) is 12.5 Å². The molecular weight excluding hydrogens is 206 g/mol. The molecule has 4 heteroatoms. The van der Waals surface area contributed by atoms with Crippen LogP contribution in [0.4, 0.5) is 0 Å². The van der Waals surface area contributed by atoms with Crippen molar-refractivity contribution >= 4 is 5.97 Å². The van der Waals surface area contributed by atoms with Crippen molar-refractivity contribution in [3.63, 3.8) is 0 Å². The largest absolute Gasteiger partial charge is 0.481 e. The maximum absolute atomic E-state index is 10.9. The third-order valence-electron chi connectivity index (χ3n) is 3.08. The summed E-state index contributed by atoms with van der Waals surface area (Å²) in [5.41, 5.74) is 5.37. The van der Waals surface area contributed by atoms with E-state index in [0.717, 1.165) is 5.76 Å². The van der Waals surface area contributed by atoms with Crippen LogP contribution in [0.3, 0.4) is 0 Å². The zero-order chi connectivity index (χ0) is 12.3. The summed E-state index contributed by atoms with van der Waals surface area (Å²) >= 11 is 0. The lowest BCUT2D eigenvalue weighted by Gasteiger charge is -2.31. The van der Waals surface area contributed by atoms with E-state index in [1.54, 1.807) is 0 Å². The summed E-state index contributed by atoms with van der Waals surface area (Å²) in [6, 6.07) is 3.42. The zero-order valence-electron chi connectivity index (χ0n) is 9.99. The Labute approximate surface area is 95.4 Å². The van der Waals surface area contributed by atoms with E-state index in [4.69, 9.17) is 15.3 Å². The molecule has 0 radical (unpaired) electrons. The van der Waals surface area contributed by atoms with Crippen LogP contribution in [-0.4, -0.2) is 17.1 Å². The lowest BCUT2D eigenvalue weighted by Crippen LogP contribution is -2.44. The molecule has 0 amide bonds. The van der Waals surface area contributed by atoms with Crippen LogP contribution in [0.15, 0.2) is 16.5 Å². The van der Waals surface area contributed by atoms with Gasteiger partial charge in [-0.2, -0.15) is 0 Å². The molecule has 1 rings (SSSR count). The van der Waals surface area contributed by atoms with Crippen LogP contribution in [0.5, 0.6) is 0 Å². The highest BCUT2D eigenvalue weighted by molar-refractivity contribution is 5.69. The second kappa shape index (κ2) is 4.70. The van der Waals surface area contributed by atoms with Crippen LogP contribution in [0.1, 0.15) is 38.2 Å². The van der Waals surface area contributed by atoms with Crippen LogP contribution in [0.25, 0.3) is 0 Å². The molecule has 0 fully saturated rings. The maximum Gasteiger partial charge on any atom is 0.304 e. The Morgan fingerprint density at radius 1 is 1.62 bits per heavy atom. The fourth-order valence-corrected chi connectivity index (χ4v) is 1.91. The Morgan fingerprint density at radius 2 is 2.25 bits per heavy atom. The minimum atomic E-state index is -0.861. The van der Waals surface area contributed by atoms with Gasteiger partial charge in [-0.3, -0.25) is 4.79 Å². The molecule has 4 nitrogen and oxygen atoms in total. The summed E-state index contributed by atoms with van der Waals surface area (Å²) in [6.07, 6.45) is 0.693. The summed E-state index contributed by atoms with van der Waals surface area (Å²) in [5, 5.41) is 8.96. The minimum Gasteiger partial charge on any atom is -0.481 e.